The summed E-state index contributed by atoms with van der Waals surface area (Å²) in [5.74, 6) is -0.657. The lowest BCUT2D eigenvalue weighted by atomic mass is 9.62. The minimum atomic E-state index is -1.70. The maximum atomic E-state index is 19.5. The first-order valence-electron chi connectivity index (χ1n) is 21.8. The van der Waals surface area contributed by atoms with Crippen molar-refractivity contribution in [1.29, 1.82) is 0 Å². The van der Waals surface area contributed by atoms with Crippen molar-refractivity contribution in [3.63, 3.8) is 0 Å². The molecule has 272 valence electrons. The molecule has 4 saturated carbocycles. The summed E-state index contributed by atoms with van der Waals surface area (Å²) in [6.45, 7) is 0. The highest BCUT2D eigenvalue weighted by Gasteiger charge is 2.52. The maximum absolute atomic E-state index is 19.5. The van der Waals surface area contributed by atoms with E-state index in [1.54, 1.807) is 0 Å². The zero-order chi connectivity index (χ0) is 33.0. The number of rotatable bonds is 6. The van der Waals surface area contributed by atoms with E-state index < -0.39 is 11.6 Å². The van der Waals surface area contributed by atoms with Crippen molar-refractivity contribution in [3.8, 4) is 0 Å². The fraction of sp³-hybridized carbons (Fsp3) is 0.932. The molecule has 2 nitrogen and oxygen atoms in total. The van der Waals surface area contributed by atoms with Gasteiger partial charge in [-0.15, -0.1) is 0 Å². The molecule has 0 aromatic heterocycles. The summed E-state index contributed by atoms with van der Waals surface area (Å²) in [4.78, 5) is 14.2. The normalized spacial score (nSPS) is 25.3. The van der Waals surface area contributed by atoms with Gasteiger partial charge in [-0.1, -0.05) is 185 Å². The van der Waals surface area contributed by atoms with Crippen LogP contribution in [-0.4, -0.2) is 16.7 Å². The third-order valence-electron chi connectivity index (χ3n) is 13.4. The summed E-state index contributed by atoms with van der Waals surface area (Å²) >= 11 is 0. The van der Waals surface area contributed by atoms with Crippen LogP contribution in [0.2, 0.25) is 0 Å². The molecule has 0 aromatic carbocycles. The number of hydrogen-bond acceptors (Lipinski definition) is 1. The summed E-state index contributed by atoms with van der Waals surface area (Å²) in [5.41, 5.74) is -0.189. The maximum Gasteiger partial charge on any atom is 0.334 e. The number of carboxylic acid groups (broad SMARTS) is 1. The molecule has 1 N–H and O–H groups in total. The highest BCUT2D eigenvalue weighted by Crippen LogP contribution is 2.52. The van der Waals surface area contributed by atoms with E-state index in [1.807, 2.05) is 0 Å². The predicted octanol–water partition coefficient (Wildman–Crippen LogP) is 14.6. The van der Waals surface area contributed by atoms with Crippen LogP contribution in [0.3, 0.4) is 0 Å². The Balaban J connectivity index is 1.88. The molecule has 3 heteroatoms. The molecule has 0 aliphatic heterocycles. The SMILES string of the molecule is O=C(O)C(=C(C1CCCCCCCCC1)C1CCCCCCCCC1)C(F)(C1CCCCCCCCC1)C1CCCCCCCCC1. The van der Waals surface area contributed by atoms with Gasteiger partial charge in [0.15, 0.2) is 0 Å². The first-order chi connectivity index (χ1) is 23.1. The smallest absolute Gasteiger partial charge is 0.334 e. The van der Waals surface area contributed by atoms with Gasteiger partial charge in [-0.3, -0.25) is 0 Å². The van der Waals surface area contributed by atoms with Crippen molar-refractivity contribution in [2.75, 3.05) is 0 Å². The van der Waals surface area contributed by atoms with Crippen LogP contribution in [0.4, 0.5) is 4.39 Å². The van der Waals surface area contributed by atoms with Gasteiger partial charge in [-0.05, 0) is 75.0 Å². The molecule has 4 aliphatic rings. The number of alkyl halides is 1. The third-order valence-corrected chi connectivity index (χ3v) is 13.4. The Morgan fingerprint density at radius 1 is 0.383 bits per heavy atom. The molecule has 0 bridgehead atoms. The lowest BCUT2D eigenvalue weighted by Gasteiger charge is -2.44. The van der Waals surface area contributed by atoms with Gasteiger partial charge in [0.25, 0.3) is 0 Å². The van der Waals surface area contributed by atoms with Crippen molar-refractivity contribution in [2.45, 2.75) is 237 Å². The summed E-state index contributed by atoms with van der Waals surface area (Å²) < 4.78 is 19.5. The minimum absolute atomic E-state index is 0.145. The van der Waals surface area contributed by atoms with Gasteiger partial charge in [-0.25, -0.2) is 9.18 Å². The first-order valence-corrected chi connectivity index (χ1v) is 21.8. The van der Waals surface area contributed by atoms with E-state index in [-0.39, 0.29) is 23.7 Å². The molecule has 0 atom stereocenters. The molecule has 0 unspecified atom stereocenters. The fourth-order valence-electron chi connectivity index (χ4n) is 10.7. The van der Waals surface area contributed by atoms with Gasteiger partial charge in [0.2, 0.25) is 0 Å². The molecule has 4 aliphatic carbocycles. The van der Waals surface area contributed by atoms with Crippen LogP contribution < -0.4 is 0 Å². The second-order valence-corrected chi connectivity index (χ2v) is 16.9. The second kappa shape index (κ2) is 22.8. The Bertz CT molecular complexity index is 784. The van der Waals surface area contributed by atoms with Crippen LogP contribution in [0.25, 0.3) is 0 Å². The van der Waals surface area contributed by atoms with E-state index in [4.69, 9.17) is 0 Å². The topological polar surface area (TPSA) is 37.3 Å². The molecule has 0 saturated heterocycles. The van der Waals surface area contributed by atoms with Gasteiger partial charge >= 0.3 is 5.97 Å². The standard InChI is InChI=1S/C44H77FO2/c45-44(39-33-25-17-9-3-10-18-26-34-39,40-35-27-19-11-4-12-20-28-36-40)42(43(46)47)41(37-29-21-13-5-1-6-14-22-30-37)38-31-23-15-7-2-8-16-24-32-38/h37-40H,1-36H2,(H,46,47). The van der Waals surface area contributed by atoms with Crippen molar-refractivity contribution >= 4 is 5.97 Å². The molecule has 0 aromatic rings. The van der Waals surface area contributed by atoms with Crippen LogP contribution >= 0.6 is 0 Å². The van der Waals surface area contributed by atoms with Gasteiger partial charge in [0, 0.05) is 0 Å². The minimum Gasteiger partial charge on any atom is -0.478 e. The second-order valence-electron chi connectivity index (χ2n) is 16.9. The van der Waals surface area contributed by atoms with Crippen LogP contribution in [0.15, 0.2) is 11.1 Å². The highest BCUT2D eigenvalue weighted by atomic mass is 19.1. The zero-order valence-electron chi connectivity index (χ0n) is 31.0. The van der Waals surface area contributed by atoms with E-state index in [0.29, 0.717) is 5.57 Å². The van der Waals surface area contributed by atoms with Gasteiger partial charge in [-0.2, -0.15) is 0 Å². The molecular weight excluding hydrogens is 579 g/mol. The number of halogens is 1. The van der Waals surface area contributed by atoms with Crippen molar-refractivity contribution in [2.24, 2.45) is 23.7 Å². The van der Waals surface area contributed by atoms with Crippen LogP contribution in [0.1, 0.15) is 231 Å². The molecule has 0 radical (unpaired) electrons. The van der Waals surface area contributed by atoms with Gasteiger partial charge < -0.3 is 5.11 Å². The lowest BCUT2D eigenvalue weighted by molar-refractivity contribution is -0.136. The molecule has 0 heterocycles. The number of aliphatic carboxylic acids is 1. The molecule has 4 rings (SSSR count). The number of allylic oxidation sites excluding steroid dienone is 1. The average Bonchev–Trinajstić information content (AvgIpc) is 3.09. The van der Waals surface area contributed by atoms with Crippen molar-refractivity contribution in [1.82, 2.24) is 0 Å². The molecule has 0 spiro atoms. The Labute approximate surface area is 291 Å². The number of carboxylic acids is 1. The Hall–Kier alpha value is -0.860. The van der Waals surface area contributed by atoms with E-state index >= 15 is 4.39 Å². The van der Waals surface area contributed by atoms with E-state index in [0.717, 1.165) is 82.6 Å². The Morgan fingerprint density at radius 3 is 0.830 bits per heavy atom. The molecular formula is C44H77FO2. The number of hydrogen-bond donors (Lipinski definition) is 1. The predicted molar refractivity (Wildman–Crippen MR) is 199 cm³/mol. The highest BCUT2D eigenvalue weighted by molar-refractivity contribution is 5.90. The Kier molecular flexibility index (Phi) is 18.9. The van der Waals surface area contributed by atoms with Gasteiger partial charge in [0.1, 0.15) is 5.67 Å². The fourth-order valence-corrected chi connectivity index (χ4v) is 10.7. The molecule has 4 fully saturated rings. The van der Waals surface area contributed by atoms with Crippen LogP contribution in [0.5, 0.6) is 0 Å². The molecule has 47 heavy (non-hydrogen) atoms. The summed E-state index contributed by atoms with van der Waals surface area (Å²) in [7, 11) is 0. The lowest BCUT2D eigenvalue weighted by Crippen LogP contribution is -2.47. The molecule has 0 amide bonds. The summed E-state index contributed by atoms with van der Waals surface area (Å²) in [6.07, 6.45) is 42.1. The van der Waals surface area contributed by atoms with Crippen molar-refractivity contribution < 1.29 is 14.3 Å². The quantitative estimate of drug-likeness (QED) is 0.289. The number of carbonyl (C=O) groups is 1. The monoisotopic (exact) mass is 657 g/mol. The zero-order valence-corrected chi connectivity index (χ0v) is 31.0. The van der Waals surface area contributed by atoms with E-state index in [9.17, 15) is 9.90 Å². The average molecular weight is 657 g/mol. The van der Waals surface area contributed by atoms with Crippen LogP contribution in [0, 0.1) is 23.7 Å². The summed E-state index contributed by atoms with van der Waals surface area (Å²) in [6, 6.07) is 0. The Morgan fingerprint density at radius 2 is 0.596 bits per heavy atom. The first kappa shape index (κ1) is 38.9. The third kappa shape index (κ3) is 12.8. The van der Waals surface area contributed by atoms with E-state index in [2.05, 4.69) is 0 Å². The largest absolute Gasteiger partial charge is 0.478 e. The van der Waals surface area contributed by atoms with E-state index in [1.165, 1.54) is 154 Å². The van der Waals surface area contributed by atoms with Gasteiger partial charge in [0.05, 0.1) is 5.57 Å². The van der Waals surface area contributed by atoms with Crippen molar-refractivity contribution in [3.05, 3.63) is 11.1 Å². The van der Waals surface area contributed by atoms with Crippen LogP contribution in [-0.2, 0) is 4.79 Å². The summed E-state index contributed by atoms with van der Waals surface area (Å²) in [5, 5.41) is 11.6.